The van der Waals surface area contributed by atoms with E-state index in [0.29, 0.717) is 54.2 Å². The summed E-state index contributed by atoms with van der Waals surface area (Å²) in [6.45, 7) is 3.99. The predicted octanol–water partition coefficient (Wildman–Crippen LogP) is 5.51. The Kier molecular flexibility index (Phi) is 8.00. The second-order valence-corrected chi connectivity index (χ2v) is 12.2. The largest absolute Gasteiger partial charge is 0.415 e. The van der Waals surface area contributed by atoms with Gasteiger partial charge in [0.15, 0.2) is 5.75 Å². The standard InChI is InChI=1S/C28H31Cl3N4O4/c1-28(9-10-28)26(37)34-11-7-17(8-12-34)25(36)35-15-20(18-3-5-21(29)22(30)13-18)23(16-35)33(2)27(38)39-19-4-6-24(31)32-14-19/h3-6,13-14,17,20,23H,7-12,15-16H2,1-2H3. The Labute approximate surface area is 243 Å². The number of rotatable bonds is 5. The van der Waals surface area contributed by atoms with Gasteiger partial charge in [0.2, 0.25) is 11.8 Å². The summed E-state index contributed by atoms with van der Waals surface area (Å²) in [6.07, 6.45) is 3.99. The van der Waals surface area contributed by atoms with E-state index in [9.17, 15) is 14.4 Å². The number of pyridine rings is 1. The van der Waals surface area contributed by atoms with Crippen molar-refractivity contribution in [2.75, 3.05) is 33.2 Å². The molecule has 3 fully saturated rings. The van der Waals surface area contributed by atoms with Crippen LogP contribution in [0.4, 0.5) is 4.79 Å². The van der Waals surface area contributed by atoms with Gasteiger partial charge >= 0.3 is 6.09 Å². The zero-order chi connectivity index (χ0) is 27.9. The van der Waals surface area contributed by atoms with E-state index in [2.05, 4.69) is 4.98 Å². The summed E-state index contributed by atoms with van der Waals surface area (Å²) in [5.41, 5.74) is 0.684. The third-order valence-electron chi connectivity index (χ3n) is 8.31. The van der Waals surface area contributed by atoms with Crippen LogP contribution in [-0.2, 0) is 9.59 Å². The number of piperidine rings is 1. The highest BCUT2D eigenvalue weighted by molar-refractivity contribution is 6.42. The number of likely N-dealkylation sites (tertiary alicyclic amines) is 2. The number of halogens is 3. The van der Waals surface area contributed by atoms with Crippen molar-refractivity contribution in [3.63, 3.8) is 0 Å². The quantitative estimate of drug-likeness (QED) is 0.427. The van der Waals surface area contributed by atoms with Crippen LogP contribution in [0.1, 0.15) is 44.1 Å². The van der Waals surface area contributed by atoms with Crippen molar-refractivity contribution in [3.8, 4) is 5.75 Å². The molecule has 0 N–H and O–H groups in total. The number of carbonyl (C=O) groups is 3. The topological polar surface area (TPSA) is 83.1 Å². The molecular weight excluding hydrogens is 563 g/mol. The molecule has 2 unspecified atom stereocenters. The third-order valence-corrected chi connectivity index (χ3v) is 9.27. The van der Waals surface area contributed by atoms with Crippen molar-refractivity contribution in [2.45, 2.75) is 44.6 Å². The molecule has 3 heterocycles. The summed E-state index contributed by atoms with van der Waals surface area (Å²) in [5, 5.41) is 1.15. The lowest BCUT2D eigenvalue weighted by Crippen LogP contribution is -2.46. The van der Waals surface area contributed by atoms with Gasteiger partial charge < -0.3 is 19.4 Å². The highest BCUT2D eigenvalue weighted by Crippen LogP contribution is 2.47. The average molecular weight is 594 g/mol. The number of benzene rings is 1. The van der Waals surface area contributed by atoms with Crippen molar-refractivity contribution < 1.29 is 19.1 Å². The second kappa shape index (κ2) is 11.1. The minimum atomic E-state index is -0.566. The molecule has 5 rings (SSSR count). The van der Waals surface area contributed by atoms with Gasteiger partial charge in [-0.15, -0.1) is 0 Å². The Bertz CT molecular complexity index is 1260. The minimum absolute atomic E-state index is 0.0518. The average Bonchev–Trinajstić information content (AvgIpc) is 3.53. The van der Waals surface area contributed by atoms with Crippen LogP contribution in [-0.4, -0.2) is 76.9 Å². The number of hydrogen-bond acceptors (Lipinski definition) is 5. The first-order valence-electron chi connectivity index (χ1n) is 13.1. The Morgan fingerprint density at radius 1 is 1.00 bits per heavy atom. The van der Waals surface area contributed by atoms with Gasteiger partial charge in [0.25, 0.3) is 0 Å². The molecular formula is C28H31Cl3N4O4. The highest BCUT2D eigenvalue weighted by Gasteiger charge is 2.48. The van der Waals surface area contributed by atoms with Crippen LogP contribution >= 0.6 is 34.8 Å². The van der Waals surface area contributed by atoms with Crippen LogP contribution in [0, 0.1) is 11.3 Å². The van der Waals surface area contributed by atoms with Crippen molar-refractivity contribution >= 4 is 52.7 Å². The molecule has 1 aromatic carbocycles. The fourth-order valence-corrected chi connectivity index (χ4v) is 5.95. The van der Waals surface area contributed by atoms with Gasteiger partial charge in [0, 0.05) is 50.5 Å². The Morgan fingerprint density at radius 2 is 1.72 bits per heavy atom. The van der Waals surface area contributed by atoms with Crippen LogP contribution in [0.3, 0.4) is 0 Å². The molecule has 208 valence electrons. The van der Waals surface area contributed by atoms with Crippen molar-refractivity contribution in [1.82, 2.24) is 19.7 Å². The van der Waals surface area contributed by atoms with E-state index in [4.69, 9.17) is 39.5 Å². The number of hydrogen-bond donors (Lipinski definition) is 0. The Morgan fingerprint density at radius 3 is 2.33 bits per heavy atom. The summed E-state index contributed by atoms with van der Waals surface area (Å²) in [7, 11) is 1.66. The van der Waals surface area contributed by atoms with Gasteiger partial charge in [0.05, 0.1) is 22.3 Å². The molecule has 1 saturated carbocycles. The lowest BCUT2D eigenvalue weighted by atomic mass is 9.93. The Hall–Kier alpha value is -2.55. The Balaban J connectivity index is 1.30. The fourth-order valence-electron chi connectivity index (χ4n) is 5.53. The second-order valence-electron chi connectivity index (χ2n) is 11.0. The molecule has 2 saturated heterocycles. The zero-order valence-electron chi connectivity index (χ0n) is 21.9. The molecule has 1 aromatic heterocycles. The van der Waals surface area contributed by atoms with E-state index in [0.717, 1.165) is 18.4 Å². The van der Waals surface area contributed by atoms with E-state index < -0.39 is 6.09 Å². The van der Waals surface area contributed by atoms with Crippen LogP contribution in [0.2, 0.25) is 15.2 Å². The maximum Gasteiger partial charge on any atom is 0.415 e. The first kappa shape index (κ1) is 28.0. The van der Waals surface area contributed by atoms with Gasteiger partial charge in [-0.05, 0) is 55.5 Å². The SMILES string of the molecule is CN(C(=O)Oc1ccc(Cl)nc1)C1CN(C(=O)C2CCN(C(=O)C3(C)CC3)CC2)CC1c1ccc(Cl)c(Cl)c1. The van der Waals surface area contributed by atoms with Crippen molar-refractivity contribution in [3.05, 3.63) is 57.3 Å². The summed E-state index contributed by atoms with van der Waals surface area (Å²) in [5.74, 6) is 0.184. The molecule has 1 aliphatic carbocycles. The lowest BCUT2D eigenvalue weighted by Gasteiger charge is -2.34. The van der Waals surface area contributed by atoms with E-state index in [-0.39, 0.29) is 40.9 Å². The van der Waals surface area contributed by atoms with Crippen LogP contribution in [0.25, 0.3) is 0 Å². The van der Waals surface area contributed by atoms with E-state index in [1.165, 1.54) is 11.1 Å². The molecule has 3 amide bonds. The smallest absolute Gasteiger partial charge is 0.409 e. The van der Waals surface area contributed by atoms with E-state index in [1.807, 2.05) is 22.8 Å². The molecule has 2 atom stereocenters. The maximum absolute atomic E-state index is 13.7. The molecule has 0 spiro atoms. The lowest BCUT2D eigenvalue weighted by molar-refractivity contribution is -0.142. The molecule has 2 aliphatic heterocycles. The van der Waals surface area contributed by atoms with E-state index >= 15 is 0 Å². The number of amides is 3. The van der Waals surface area contributed by atoms with Gasteiger partial charge in [-0.3, -0.25) is 9.59 Å². The monoisotopic (exact) mass is 592 g/mol. The van der Waals surface area contributed by atoms with E-state index in [1.54, 1.807) is 31.3 Å². The third kappa shape index (κ3) is 5.98. The van der Waals surface area contributed by atoms with Crippen LogP contribution in [0.15, 0.2) is 36.5 Å². The van der Waals surface area contributed by atoms with Gasteiger partial charge in [0.1, 0.15) is 5.15 Å². The maximum atomic E-state index is 13.7. The fraction of sp³-hybridized carbons (Fsp3) is 0.500. The van der Waals surface area contributed by atoms with Crippen LogP contribution < -0.4 is 4.74 Å². The minimum Gasteiger partial charge on any atom is -0.409 e. The molecule has 0 radical (unpaired) electrons. The molecule has 39 heavy (non-hydrogen) atoms. The number of ether oxygens (including phenoxy) is 1. The summed E-state index contributed by atoms with van der Waals surface area (Å²) >= 11 is 18.3. The molecule has 0 bridgehead atoms. The molecule has 11 heteroatoms. The van der Waals surface area contributed by atoms with Crippen molar-refractivity contribution in [2.24, 2.45) is 11.3 Å². The number of likely N-dealkylation sites (N-methyl/N-ethyl adjacent to an activating group) is 1. The van der Waals surface area contributed by atoms with Gasteiger partial charge in [-0.25, -0.2) is 9.78 Å². The summed E-state index contributed by atoms with van der Waals surface area (Å²) < 4.78 is 5.53. The number of aromatic nitrogens is 1. The zero-order valence-corrected chi connectivity index (χ0v) is 24.2. The molecule has 3 aliphatic rings. The van der Waals surface area contributed by atoms with Gasteiger partial charge in [-0.1, -0.05) is 47.8 Å². The van der Waals surface area contributed by atoms with Crippen molar-refractivity contribution in [1.29, 1.82) is 0 Å². The molecule has 8 nitrogen and oxygen atoms in total. The summed E-state index contributed by atoms with van der Waals surface area (Å²) in [6, 6.07) is 8.16. The van der Waals surface area contributed by atoms with Crippen LogP contribution in [0.5, 0.6) is 5.75 Å². The highest BCUT2D eigenvalue weighted by atomic mass is 35.5. The first-order chi connectivity index (χ1) is 18.6. The molecule has 2 aromatic rings. The number of nitrogens with zero attached hydrogens (tertiary/aromatic N) is 4. The first-order valence-corrected chi connectivity index (χ1v) is 14.3. The predicted molar refractivity (Wildman–Crippen MR) is 149 cm³/mol. The number of carbonyl (C=O) groups excluding carboxylic acids is 3. The normalized spacial score (nSPS) is 22.5. The summed E-state index contributed by atoms with van der Waals surface area (Å²) in [4.78, 5) is 48.7. The van der Waals surface area contributed by atoms with Gasteiger partial charge in [-0.2, -0.15) is 0 Å².